The maximum atomic E-state index is 11.7. The molecule has 0 saturated carbocycles. The molecule has 5 nitrogen and oxygen atoms in total. The lowest BCUT2D eigenvalue weighted by Gasteiger charge is -2.10. The largest absolute Gasteiger partial charge is 0.351 e. The van der Waals surface area contributed by atoms with Crippen molar-refractivity contribution in [1.82, 2.24) is 10.6 Å². The van der Waals surface area contributed by atoms with Crippen LogP contribution in [0.25, 0.3) is 0 Å². The van der Waals surface area contributed by atoms with E-state index < -0.39 is 12.1 Å². The van der Waals surface area contributed by atoms with Crippen LogP contribution in [0.15, 0.2) is 11.8 Å². The van der Waals surface area contributed by atoms with Gasteiger partial charge in [0.05, 0.1) is 0 Å². The first-order valence-electron chi connectivity index (χ1n) is 10.2. The summed E-state index contributed by atoms with van der Waals surface area (Å²) >= 11 is 0. The Bertz CT molecular complexity index is 381. The summed E-state index contributed by atoms with van der Waals surface area (Å²) in [6, 6.07) is -1.36. The number of hydrogen-bond donors (Lipinski definition) is 3. The second-order valence-electron chi connectivity index (χ2n) is 6.75. The van der Waals surface area contributed by atoms with Gasteiger partial charge >= 0.3 is 12.1 Å². The second kappa shape index (κ2) is 17.3. The Balaban J connectivity index is 4.15. The Morgan fingerprint density at radius 1 is 0.760 bits per heavy atom. The number of nitrogens with one attached hydrogen (secondary N) is 2. The highest BCUT2D eigenvalue weighted by atomic mass is 16.2. The van der Waals surface area contributed by atoms with Crippen molar-refractivity contribution < 1.29 is 9.59 Å². The van der Waals surface area contributed by atoms with Crippen molar-refractivity contribution in [3.05, 3.63) is 11.8 Å². The van der Waals surface area contributed by atoms with Crippen molar-refractivity contribution in [3.8, 4) is 0 Å². The average molecular weight is 354 g/mol. The van der Waals surface area contributed by atoms with Crippen LogP contribution in [0.2, 0.25) is 0 Å². The lowest BCUT2D eigenvalue weighted by molar-refractivity contribution is 0.233. The van der Waals surface area contributed by atoms with Crippen LogP contribution in [-0.2, 0) is 0 Å². The van der Waals surface area contributed by atoms with E-state index in [0.717, 1.165) is 31.4 Å². The van der Waals surface area contributed by atoms with Crippen LogP contribution in [0, 0.1) is 0 Å². The fourth-order valence-corrected chi connectivity index (χ4v) is 2.80. The van der Waals surface area contributed by atoms with Gasteiger partial charge in [-0.15, -0.1) is 0 Å². The van der Waals surface area contributed by atoms with Crippen LogP contribution in [0.5, 0.6) is 0 Å². The zero-order valence-electron chi connectivity index (χ0n) is 16.4. The molecule has 0 aromatic carbocycles. The summed E-state index contributed by atoms with van der Waals surface area (Å²) in [4.78, 5) is 22.4. The number of rotatable bonds is 15. The van der Waals surface area contributed by atoms with E-state index in [1.807, 2.05) is 0 Å². The highest BCUT2D eigenvalue weighted by Gasteiger charge is 2.06. The lowest BCUT2D eigenvalue weighted by atomic mass is 10.1. The van der Waals surface area contributed by atoms with Crippen molar-refractivity contribution in [3.63, 3.8) is 0 Å². The molecule has 0 fully saturated rings. The topological polar surface area (TPSA) is 84.2 Å². The monoisotopic (exact) mass is 353 g/mol. The second-order valence-corrected chi connectivity index (χ2v) is 6.75. The Morgan fingerprint density at radius 3 is 1.84 bits per heavy atom. The van der Waals surface area contributed by atoms with Crippen molar-refractivity contribution in [2.24, 2.45) is 5.73 Å². The number of hydrogen-bond acceptors (Lipinski definition) is 2. The van der Waals surface area contributed by atoms with Crippen molar-refractivity contribution >= 4 is 12.1 Å². The Morgan fingerprint density at radius 2 is 1.28 bits per heavy atom. The number of imide groups is 1. The number of urea groups is 2. The van der Waals surface area contributed by atoms with Crippen LogP contribution in [0.3, 0.4) is 0 Å². The molecule has 0 rings (SSSR count). The Kier molecular flexibility index (Phi) is 16.3. The number of primary amides is 1. The molecule has 5 heteroatoms. The number of carbonyl (C=O) groups excluding carboxylic acids is 2. The predicted octanol–water partition coefficient (Wildman–Crippen LogP) is 5.75. The summed E-state index contributed by atoms with van der Waals surface area (Å²) in [6.07, 6.45) is 18.7. The van der Waals surface area contributed by atoms with Gasteiger partial charge in [0.25, 0.3) is 0 Å². The molecule has 0 aromatic rings. The molecule has 0 aromatic heterocycles. The molecule has 4 amide bonds. The first kappa shape index (κ1) is 23.5. The quantitative estimate of drug-likeness (QED) is 0.327. The van der Waals surface area contributed by atoms with E-state index in [1.165, 1.54) is 64.2 Å². The van der Waals surface area contributed by atoms with Gasteiger partial charge < -0.3 is 11.1 Å². The summed E-state index contributed by atoms with van der Waals surface area (Å²) in [5, 5.41) is 4.84. The molecule has 0 spiro atoms. The summed E-state index contributed by atoms with van der Waals surface area (Å²) in [5.41, 5.74) is 5.89. The van der Waals surface area contributed by atoms with Gasteiger partial charge in [0.2, 0.25) is 0 Å². The highest BCUT2D eigenvalue weighted by molar-refractivity contribution is 5.93. The molecule has 0 bridgehead atoms. The number of amides is 4. The zero-order valence-corrected chi connectivity index (χ0v) is 16.4. The SMILES string of the molecule is CCCCCCCC/C=C(\CCCCCCCC)NC(=O)NC(N)=O. The van der Waals surface area contributed by atoms with Gasteiger partial charge in [0.1, 0.15) is 0 Å². The van der Waals surface area contributed by atoms with Gasteiger partial charge in [0, 0.05) is 5.70 Å². The summed E-state index contributed by atoms with van der Waals surface area (Å²) in [5.74, 6) is 0. The van der Waals surface area contributed by atoms with Crippen molar-refractivity contribution in [2.45, 2.75) is 104 Å². The van der Waals surface area contributed by atoms with Crippen LogP contribution >= 0.6 is 0 Å². The van der Waals surface area contributed by atoms with Gasteiger partial charge in [-0.25, -0.2) is 9.59 Å². The van der Waals surface area contributed by atoms with Gasteiger partial charge in [0.15, 0.2) is 0 Å². The first-order valence-corrected chi connectivity index (χ1v) is 10.2. The number of unbranched alkanes of at least 4 members (excludes halogenated alkanes) is 11. The normalized spacial score (nSPS) is 11.4. The first-order chi connectivity index (χ1) is 12.1. The smallest absolute Gasteiger partial charge is 0.327 e. The van der Waals surface area contributed by atoms with Crippen LogP contribution < -0.4 is 16.4 Å². The molecule has 0 aliphatic heterocycles. The summed E-state index contributed by atoms with van der Waals surface area (Å²) in [6.45, 7) is 4.43. The lowest BCUT2D eigenvalue weighted by Crippen LogP contribution is -2.41. The van der Waals surface area contributed by atoms with Gasteiger partial charge in [-0.2, -0.15) is 0 Å². The van der Waals surface area contributed by atoms with E-state index in [9.17, 15) is 9.59 Å². The van der Waals surface area contributed by atoms with Crippen LogP contribution in [0.4, 0.5) is 9.59 Å². The van der Waals surface area contributed by atoms with E-state index in [4.69, 9.17) is 5.73 Å². The minimum atomic E-state index is -0.827. The summed E-state index contributed by atoms with van der Waals surface area (Å²) in [7, 11) is 0. The van der Waals surface area contributed by atoms with Gasteiger partial charge in [-0.05, 0) is 25.7 Å². The number of nitrogens with two attached hydrogens (primary N) is 1. The predicted molar refractivity (Wildman–Crippen MR) is 105 cm³/mol. The van der Waals surface area contributed by atoms with Gasteiger partial charge in [-0.3, -0.25) is 5.32 Å². The molecule has 0 radical (unpaired) electrons. The molecule has 0 atom stereocenters. The standard InChI is InChI=1S/C20H39N3O2/c1-3-5-7-9-11-13-15-17-18(22-20(25)23-19(21)24)16-14-12-10-8-6-4-2/h17H,3-16H2,1-2H3,(H4,21,22,23,24,25)/b18-17+. The van der Waals surface area contributed by atoms with Crippen LogP contribution in [0.1, 0.15) is 104 Å². The minimum absolute atomic E-state index is 0.535. The van der Waals surface area contributed by atoms with Gasteiger partial charge in [-0.1, -0.05) is 84.1 Å². The number of carbonyl (C=O) groups is 2. The third-order valence-electron chi connectivity index (χ3n) is 4.26. The summed E-state index contributed by atoms with van der Waals surface area (Å²) < 4.78 is 0. The fraction of sp³-hybridized carbons (Fsp3) is 0.800. The molecule has 146 valence electrons. The molecule has 0 unspecified atom stereocenters. The molecular formula is C20H39N3O2. The average Bonchev–Trinajstić information content (AvgIpc) is 2.56. The fourth-order valence-electron chi connectivity index (χ4n) is 2.80. The van der Waals surface area contributed by atoms with E-state index in [1.54, 1.807) is 0 Å². The Hall–Kier alpha value is -1.52. The zero-order chi connectivity index (χ0) is 18.8. The van der Waals surface area contributed by atoms with E-state index >= 15 is 0 Å². The third-order valence-corrected chi connectivity index (χ3v) is 4.26. The third kappa shape index (κ3) is 17.1. The van der Waals surface area contributed by atoms with Crippen molar-refractivity contribution in [2.75, 3.05) is 0 Å². The van der Waals surface area contributed by atoms with Crippen molar-refractivity contribution in [1.29, 1.82) is 0 Å². The highest BCUT2D eigenvalue weighted by Crippen LogP contribution is 2.13. The van der Waals surface area contributed by atoms with E-state index in [2.05, 4.69) is 30.6 Å². The molecule has 25 heavy (non-hydrogen) atoms. The van der Waals surface area contributed by atoms with E-state index in [-0.39, 0.29) is 0 Å². The minimum Gasteiger partial charge on any atom is -0.351 e. The molecule has 0 aliphatic rings. The van der Waals surface area contributed by atoms with E-state index in [0.29, 0.717) is 0 Å². The Labute approximate surface area is 154 Å². The molecule has 4 N–H and O–H groups in total. The molecule has 0 heterocycles. The molecule has 0 saturated heterocycles. The van der Waals surface area contributed by atoms with Crippen LogP contribution in [-0.4, -0.2) is 12.1 Å². The molecule has 0 aliphatic carbocycles. The number of allylic oxidation sites excluding steroid dienone is 2. The maximum absolute atomic E-state index is 11.7. The molecular weight excluding hydrogens is 314 g/mol. The maximum Gasteiger partial charge on any atom is 0.327 e.